The highest BCUT2D eigenvalue weighted by Crippen LogP contribution is 2.23. The van der Waals surface area contributed by atoms with Gasteiger partial charge in [0.25, 0.3) is 0 Å². The molecular formula is C13H14ClFN2O3. The van der Waals surface area contributed by atoms with Crippen LogP contribution >= 0.6 is 11.6 Å². The van der Waals surface area contributed by atoms with Crippen molar-refractivity contribution in [3.63, 3.8) is 0 Å². The third kappa shape index (κ3) is 3.19. The average molecular weight is 301 g/mol. The van der Waals surface area contributed by atoms with Gasteiger partial charge in [0.2, 0.25) is 0 Å². The maximum atomic E-state index is 13.7. The summed E-state index contributed by atoms with van der Waals surface area (Å²) in [5.41, 5.74) is 0.0165. The van der Waals surface area contributed by atoms with E-state index in [4.69, 9.17) is 16.7 Å². The summed E-state index contributed by atoms with van der Waals surface area (Å²) >= 11 is 5.63. The van der Waals surface area contributed by atoms with Gasteiger partial charge >= 0.3 is 12.0 Å². The van der Waals surface area contributed by atoms with Gasteiger partial charge in [-0.1, -0.05) is 17.7 Å². The first-order valence-electron chi connectivity index (χ1n) is 6.22. The lowest BCUT2D eigenvalue weighted by molar-refractivity contribution is -0.143. The molecule has 0 radical (unpaired) electrons. The number of piperidine rings is 1. The summed E-state index contributed by atoms with van der Waals surface area (Å²) in [5, 5.41) is 11.3. The summed E-state index contributed by atoms with van der Waals surface area (Å²) in [4.78, 5) is 24.3. The van der Waals surface area contributed by atoms with Crippen molar-refractivity contribution in [1.82, 2.24) is 4.90 Å². The van der Waals surface area contributed by atoms with Gasteiger partial charge in [-0.25, -0.2) is 9.18 Å². The van der Waals surface area contributed by atoms with Gasteiger partial charge in [0, 0.05) is 13.1 Å². The number of aliphatic carboxylic acids is 1. The SMILES string of the molecule is O=C(O)C1CCN(C(=O)Nc2cccc(Cl)c2F)CC1. The van der Waals surface area contributed by atoms with E-state index in [0.29, 0.717) is 25.9 Å². The minimum atomic E-state index is -0.842. The molecule has 1 aromatic rings. The molecule has 108 valence electrons. The molecule has 0 spiro atoms. The molecule has 0 unspecified atom stereocenters. The lowest BCUT2D eigenvalue weighted by Crippen LogP contribution is -2.42. The topological polar surface area (TPSA) is 69.6 Å². The van der Waals surface area contributed by atoms with Crippen LogP contribution in [0.5, 0.6) is 0 Å². The van der Waals surface area contributed by atoms with E-state index in [1.807, 2.05) is 0 Å². The number of rotatable bonds is 2. The monoisotopic (exact) mass is 300 g/mol. The van der Waals surface area contributed by atoms with E-state index in [2.05, 4.69) is 5.32 Å². The van der Waals surface area contributed by atoms with Crippen LogP contribution in [0.25, 0.3) is 0 Å². The first-order valence-corrected chi connectivity index (χ1v) is 6.59. The van der Waals surface area contributed by atoms with E-state index in [-0.39, 0.29) is 10.7 Å². The normalized spacial score (nSPS) is 16.0. The highest BCUT2D eigenvalue weighted by atomic mass is 35.5. The Bertz CT molecular complexity index is 530. The van der Waals surface area contributed by atoms with E-state index in [1.54, 1.807) is 0 Å². The van der Waals surface area contributed by atoms with Crippen molar-refractivity contribution in [3.8, 4) is 0 Å². The highest BCUT2D eigenvalue weighted by Gasteiger charge is 2.27. The maximum Gasteiger partial charge on any atom is 0.321 e. The predicted octanol–water partition coefficient (Wildman–Crippen LogP) is 2.81. The Hall–Kier alpha value is -1.82. The molecule has 1 heterocycles. The number of halogens is 2. The molecule has 1 fully saturated rings. The first-order chi connectivity index (χ1) is 9.49. The lowest BCUT2D eigenvalue weighted by atomic mass is 9.97. The number of urea groups is 1. The van der Waals surface area contributed by atoms with Crippen LogP contribution < -0.4 is 5.32 Å². The molecule has 1 saturated heterocycles. The first kappa shape index (κ1) is 14.6. The Morgan fingerprint density at radius 3 is 2.60 bits per heavy atom. The quantitative estimate of drug-likeness (QED) is 0.882. The Kier molecular flexibility index (Phi) is 4.44. The van der Waals surface area contributed by atoms with Crippen LogP contribution in [0.15, 0.2) is 18.2 Å². The number of anilines is 1. The number of carbonyl (C=O) groups excluding carboxylic acids is 1. The average Bonchev–Trinajstić information content (AvgIpc) is 2.44. The Labute approximate surface area is 120 Å². The number of benzene rings is 1. The standard InChI is InChI=1S/C13H14ClFN2O3/c14-9-2-1-3-10(11(9)15)16-13(20)17-6-4-8(5-7-17)12(18)19/h1-3,8H,4-7H2,(H,16,20)(H,18,19). The molecule has 1 aliphatic heterocycles. The van der Waals surface area contributed by atoms with Crippen LogP contribution in [0.4, 0.5) is 14.9 Å². The van der Waals surface area contributed by atoms with E-state index in [0.717, 1.165) is 0 Å². The number of hydrogen-bond acceptors (Lipinski definition) is 2. The second-order valence-electron chi connectivity index (χ2n) is 4.63. The van der Waals surface area contributed by atoms with Gasteiger partial charge in [0.15, 0.2) is 5.82 Å². The molecule has 0 aliphatic carbocycles. The summed E-state index contributed by atoms with van der Waals surface area (Å²) in [7, 11) is 0. The number of carboxylic acids is 1. The summed E-state index contributed by atoms with van der Waals surface area (Å²) < 4.78 is 13.7. The van der Waals surface area contributed by atoms with E-state index in [9.17, 15) is 14.0 Å². The van der Waals surface area contributed by atoms with Crippen LogP contribution in [-0.2, 0) is 4.79 Å². The fraction of sp³-hybridized carbons (Fsp3) is 0.385. The van der Waals surface area contributed by atoms with Gasteiger partial charge in [-0.15, -0.1) is 0 Å². The molecule has 0 saturated carbocycles. The number of likely N-dealkylation sites (tertiary alicyclic amines) is 1. The van der Waals surface area contributed by atoms with Crippen LogP contribution in [0, 0.1) is 11.7 Å². The third-order valence-corrected chi connectivity index (χ3v) is 3.62. The third-order valence-electron chi connectivity index (χ3n) is 3.32. The van der Waals surface area contributed by atoms with Gasteiger partial charge < -0.3 is 15.3 Å². The smallest absolute Gasteiger partial charge is 0.321 e. The lowest BCUT2D eigenvalue weighted by Gasteiger charge is -2.30. The van der Waals surface area contributed by atoms with Crippen LogP contribution in [0.1, 0.15) is 12.8 Å². The van der Waals surface area contributed by atoms with Crippen molar-refractivity contribution in [1.29, 1.82) is 0 Å². The van der Waals surface area contributed by atoms with Crippen molar-refractivity contribution in [2.75, 3.05) is 18.4 Å². The molecule has 7 heteroatoms. The zero-order chi connectivity index (χ0) is 14.7. The molecule has 0 aromatic heterocycles. The molecule has 0 atom stereocenters. The van der Waals surface area contributed by atoms with Gasteiger partial charge in [-0.2, -0.15) is 0 Å². The van der Waals surface area contributed by atoms with E-state index >= 15 is 0 Å². The molecule has 20 heavy (non-hydrogen) atoms. The second kappa shape index (κ2) is 6.09. The maximum absolute atomic E-state index is 13.7. The van der Waals surface area contributed by atoms with Gasteiger partial charge in [-0.05, 0) is 25.0 Å². The largest absolute Gasteiger partial charge is 0.481 e. The molecule has 2 rings (SSSR count). The van der Waals surface area contributed by atoms with Crippen LogP contribution in [0.3, 0.4) is 0 Å². The minimum Gasteiger partial charge on any atom is -0.481 e. The number of hydrogen-bond donors (Lipinski definition) is 2. The fourth-order valence-electron chi connectivity index (χ4n) is 2.12. The zero-order valence-electron chi connectivity index (χ0n) is 10.6. The van der Waals surface area contributed by atoms with Gasteiger partial charge in [-0.3, -0.25) is 4.79 Å². The summed E-state index contributed by atoms with van der Waals surface area (Å²) in [5.74, 6) is -1.93. The van der Waals surface area contributed by atoms with Gasteiger partial charge in [0.1, 0.15) is 0 Å². The second-order valence-corrected chi connectivity index (χ2v) is 5.04. The van der Waals surface area contributed by atoms with E-state index in [1.165, 1.54) is 23.1 Å². The Morgan fingerprint density at radius 2 is 2.00 bits per heavy atom. The molecule has 0 bridgehead atoms. The van der Waals surface area contributed by atoms with E-state index < -0.39 is 23.7 Å². The van der Waals surface area contributed by atoms with Crippen molar-refractivity contribution in [3.05, 3.63) is 29.0 Å². The molecule has 1 aliphatic rings. The molecule has 5 nitrogen and oxygen atoms in total. The summed E-state index contributed by atoms with van der Waals surface area (Å²) in [6, 6.07) is 3.90. The number of amides is 2. The van der Waals surface area contributed by atoms with Crippen LogP contribution in [0.2, 0.25) is 5.02 Å². The minimum absolute atomic E-state index is 0.0165. The molecule has 2 N–H and O–H groups in total. The van der Waals surface area contributed by atoms with Crippen molar-refractivity contribution < 1.29 is 19.1 Å². The number of nitrogens with one attached hydrogen (secondary N) is 1. The zero-order valence-corrected chi connectivity index (χ0v) is 11.4. The number of carboxylic acid groups (broad SMARTS) is 1. The molecule has 2 amide bonds. The van der Waals surface area contributed by atoms with Crippen LogP contribution in [-0.4, -0.2) is 35.1 Å². The fourth-order valence-corrected chi connectivity index (χ4v) is 2.30. The molecule has 1 aromatic carbocycles. The predicted molar refractivity (Wildman–Crippen MR) is 72.4 cm³/mol. The van der Waals surface area contributed by atoms with Crippen molar-refractivity contribution in [2.45, 2.75) is 12.8 Å². The Morgan fingerprint density at radius 1 is 1.35 bits per heavy atom. The Balaban J connectivity index is 1.96. The van der Waals surface area contributed by atoms with Crippen molar-refractivity contribution >= 4 is 29.3 Å². The number of nitrogens with zero attached hydrogens (tertiary/aromatic N) is 1. The van der Waals surface area contributed by atoms with Gasteiger partial charge in [0.05, 0.1) is 16.6 Å². The van der Waals surface area contributed by atoms with Crippen molar-refractivity contribution in [2.24, 2.45) is 5.92 Å². The highest BCUT2D eigenvalue weighted by molar-refractivity contribution is 6.31. The molecular weight excluding hydrogens is 287 g/mol. The summed E-state index contributed by atoms with van der Waals surface area (Å²) in [6.45, 7) is 0.677. The number of carbonyl (C=O) groups is 2. The summed E-state index contributed by atoms with van der Waals surface area (Å²) in [6.07, 6.45) is 0.807.